The van der Waals surface area contributed by atoms with Crippen LogP contribution in [0.4, 0.5) is 5.69 Å². The van der Waals surface area contributed by atoms with Crippen molar-refractivity contribution in [2.45, 2.75) is 6.54 Å². The molecule has 7 nitrogen and oxygen atoms in total. The van der Waals surface area contributed by atoms with E-state index >= 15 is 0 Å². The van der Waals surface area contributed by atoms with Crippen LogP contribution in [0.2, 0.25) is 0 Å². The highest BCUT2D eigenvalue weighted by Gasteiger charge is 2.23. The summed E-state index contributed by atoms with van der Waals surface area (Å²) in [5, 5.41) is 3.70. The minimum Gasteiger partial charge on any atom is -0.465 e. The van der Waals surface area contributed by atoms with Crippen LogP contribution in [0.5, 0.6) is 0 Å². The van der Waals surface area contributed by atoms with Crippen LogP contribution in [-0.2, 0) is 26.1 Å². The first-order valence-electron chi connectivity index (χ1n) is 10.1. The molecule has 1 N–H and O–H groups in total. The van der Waals surface area contributed by atoms with Gasteiger partial charge in [0.1, 0.15) is 0 Å². The van der Waals surface area contributed by atoms with E-state index < -0.39 is 28.4 Å². The number of ether oxygens (including phenoxy) is 1. The topological polar surface area (TPSA) is 92.8 Å². The van der Waals surface area contributed by atoms with Crippen LogP contribution in [0.25, 0.3) is 6.08 Å². The van der Waals surface area contributed by atoms with Crippen molar-refractivity contribution in [3.8, 4) is 0 Å². The third-order valence-corrected chi connectivity index (χ3v) is 6.18. The average molecular weight is 465 g/mol. The SMILES string of the molecule is COC(=O)c1ccccc1NC(=O)CN(Cc1ccccc1)S(=O)(=O)/C=C/c1ccccc1. The van der Waals surface area contributed by atoms with Crippen molar-refractivity contribution in [1.82, 2.24) is 4.31 Å². The molecule has 0 aromatic heterocycles. The molecule has 0 bridgehead atoms. The molecule has 0 atom stereocenters. The van der Waals surface area contributed by atoms with Gasteiger partial charge in [-0.05, 0) is 29.3 Å². The molecular weight excluding hydrogens is 440 g/mol. The summed E-state index contributed by atoms with van der Waals surface area (Å²) in [6.07, 6.45) is 1.48. The summed E-state index contributed by atoms with van der Waals surface area (Å²) in [6.45, 7) is -0.430. The number of anilines is 1. The maximum absolute atomic E-state index is 13.1. The van der Waals surface area contributed by atoms with Crippen molar-refractivity contribution in [3.63, 3.8) is 0 Å². The summed E-state index contributed by atoms with van der Waals surface area (Å²) in [7, 11) is -2.69. The quantitative estimate of drug-likeness (QED) is 0.485. The molecule has 0 radical (unpaired) electrons. The predicted octanol–water partition coefficient (Wildman–Crippen LogP) is 3.91. The molecule has 0 aliphatic carbocycles. The number of sulfonamides is 1. The Morgan fingerprint density at radius 2 is 1.52 bits per heavy atom. The van der Waals surface area contributed by atoms with Gasteiger partial charge in [0.05, 0.1) is 24.9 Å². The summed E-state index contributed by atoms with van der Waals surface area (Å²) in [5.41, 5.74) is 1.87. The van der Waals surface area contributed by atoms with Crippen LogP contribution in [0.1, 0.15) is 21.5 Å². The first kappa shape index (κ1) is 23.9. The van der Waals surface area contributed by atoms with Gasteiger partial charge in [-0.15, -0.1) is 0 Å². The van der Waals surface area contributed by atoms with Crippen molar-refractivity contribution >= 4 is 33.7 Å². The second-order valence-electron chi connectivity index (χ2n) is 7.10. The smallest absolute Gasteiger partial charge is 0.339 e. The zero-order chi connectivity index (χ0) is 23.7. The fourth-order valence-electron chi connectivity index (χ4n) is 3.07. The Morgan fingerprint density at radius 1 is 0.909 bits per heavy atom. The molecule has 0 fully saturated rings. The lowest BCUT2D eigenvalue weighted by atomic mass is 10.2. The third kappa shape index (κ3) is 6.86. The van der Waals surface area contributed by atoms with Gasteiger partial charge >= 0.3 is 5.97 Å². The maximum atomic E-state index is 13.1. The number of hydrogen-bond donors (Lipinski definition) is 1. The molecule has 0 aliphatic heterocycles. The number of carbonyl (C=O) groups is 2. The molecule has 0 heterocycles. The highest BCUT2D eigenvalue weighted by atomic mass is 32.2. The molecule has 3 rings (SSSR count). The average Bonchev–Trinajstić information content (AvgIpc) is 2.83. The monoisotopic (exact) mass is 464 g/mol. The zero-order valence-corrected chi connectivity index (χ0v) is 18.9. The lowest BCUT2D eigenvalue weighted by Crippen LogP contribution is -2.36. The second-order valence-corrected chi connectivity index (χ2v) is 8.92. The van der Waals surface area contributed by atoms with E-state index in [1.807, 2.05) is 12.1 Å². The van der Waals surface area contributed by atoms with Gasteiger partial charge in [-0.3, -0.25) is 4.79 Å². The fraction of sp³-hybridized carbons (Fsp3) is 0.120. The Morgan fingerprint density at radius 3 is 2.18 bits per heavy atom. The van der Waals surface area contributed by atoms with Crippen LogP contribution >= 0.6 is 0 Å². The van der Waals surface area contributed by atoms with Crippen molar-refractivity contribution in [2.24, 2.45) is 0 Å². The van der Waals surface area contributed by atoms with E-state index in [9.17, 15) is 18.0 Å². The molecule has 33 heavy (non-hydrogen) atoms. The van der Waals surface area contributed by atoms with Crippen molar-refractivity contribution < 1.29 is 22.7 Å². The summed E-state index contributed by atoms with van der Waals surface area (Å²) in [4.78, 5) is 24.8. The van der Waals surface area contributed by atoms with Gasteiger partial charge in [-0.25, -0.2) is 13.2 Å². The van der Waals surface area contributed by atoms with Gasteiger partial charge in [-0.1, -0.05) is 72.8 Å². The summed E-state index contributed by atoms with van der Waals surface area (Å²) in [6, 6.07) is 24.4. The number of nitrogens with one attached hydrogen (secondary N) is 1. The molecular formula is C25H24N2O5S. The lowest BCUT2D eigenvalue weighted by Gasteiger charge is -2.20. The van der Waals surface area contributed by atoms with Crippen molar-refractivity contribution in [3.05, 3.63) is 107 Å². The number of para-hydroxylation sites is 1. The standard InChI is InChI=1S/C25H24N2O5S/c1-32-25(29)22-14-8-9-15-23(22)26-24(28)19-27(18-21-12-6-3-7-13-21)33(30,31)17-16-20-10-4-2-5-11-20/h2-17H,18-19H2,1H3,(H,26,28)/b17-16+. The van der Waals surface area contributed by atoms with E-state index in [0.717, 1.165) is 20.8 Å². The Hall–Kier alpha value is -3.75. The first-order valence-corrected chi connectivity index (χ1v) is 11.6. The molecule has 0 saturated carbocycles. The number of esters is 1. The van der Waals surface area contributed by atoms with Gasteiger partial charge < -0.3 is 10.1 Å². The minimum absolute atomic E-state index is 0.00831. The van der Waals surface area contributed by atoms with Crippen LogP contribution < -0.4 is 5.32 Å². The molecule has 3 aromatic rings. The van der Waals surface area contributed by atoms with Gasteiger partial charge in [0.25, 0.3) is 0 Å². The number of amides is 1. The molecule has 0 aliphatic rings. The first-order chi connectivity index (χ1) is 15.9. The molecule has 0 saturated heterocycles. The van der Waals surface area contributed by atoms with E-state index in [-0.39, 0.29) is 17.8 Å². The van der Waals surface area contributed by atoms with E-state index in [1.54, 1.807) is 66.7 Å². The number of nitrogens with zero attached hydrogens (tertiary/aromatic N) is 1. The van der Waals surface area contributed by atoms with Crippen LogP contribution in [0, 0.1) is 0 Å². The zero-order valence-electron chi connectivity index (χ0n) is 18.0. The minimum atomic E-state index is -3.94. The number of hydrogen-bond acceptors (Lipinski definition) is 5. The Balaban J connectivity index is 1.83. The van der Waals surface area contributed by atoms with Gasteiger partial charge in [0.2, 0.25) is 15.9 Å². The van der Waals surface area contributed by atoms with Crippen LogP contribution in [0.3, 0.4) is 0 Å². The predicted molar refractivity (Wildman–Crippen MR) is 128 cm³/mol. The molecule has 170 valence electrons. The Labute approximate surface area is 193 Å². The Kier molecular flexibility index (Phi) is 8.12. The molecule has 0 spiro atoms. The number of carbonyl (C=O) groups excluding carboxylic acids is 2. The van der Waals surface area contributed by atoms with E-state index in [0.29, 0.717) is 0 Å². The molecule has 3 aromatic carbocycles. The largest absolute Gasteiger partial charge is 0.465 e. The van der Waals surface area contributed by atoms with E-state index in [2.05, 4.69) is 5.32 Å². The van der Waals surface area contributed by atoms with Gasteiger partial charge in [0, 0.05) is 12.0 Å². The van der Waals surface area contributed by atoms with Crippen LogP contribution in [0.15, 0.2) is 90.3 Å². The Bertz CT molecular complexity index is 1230. The number of rotatable bonds is 9. The van der Waals surface area contributed by atoms with Crippen molar-refractivity contribution in [2.75, 3.05) is 19.0 Å². The highest BCUT2D eigenvalue weighted by Crippen LogP contribution is 2.17. The van der Waals surface area contributed by atoms with Crippen LogP contribution in [-0.4, -0.2) is 38.3 Å². The van der Waals surface area contributed by atoms with Gasteiger partial charge in [0.15, 0.2) is 0 Å². The van der Waals surface area contributed by atoms with E-state index in [1.165, 1.54) is 19.3 Å². The highest BCUT2D eigenvalue weighted by molar-refractivity contribution is 7.92. The third-order valence-electron chi connectivity index (χ3n) is 4.72. The fourth-order valence-corrected chi connectivity index (χ4v) is 4.20. The lowest BCUT2D eigenvalue weighted by molar-refractivity contribution is -0.116. The number of methoxy groups -OCH3 is 1. The molecule has 1 amide bonds. The summed E-state index contributed by atoms with van der Waals surface area (Å²) >= 11 is 0. The number of benzene rings is 3. The molecule has 0 unspecified atom stereocenters. The van der Waals surface area contributed by atoms with Crippen molar-refractivity contribution in [1.29, 1.82) is 0 Å². The molecule has 8 heteroatoms. The second kappa shape index (κ2) is 11.2. The normalized spacial score (nSPS) is 11.5. The maximum Gasteiger partial charge on any atom is 0.339 e. The summed E-state index contributed by atoms with van der Waals surface area (Å²) < 4.78 is 32.0. The van der Waals surface area contributed by atoms with E-state index in [4.69, 9.17) is 4.74 Å². The summed E-state index contributed by atoms with van der Waals surface area (Å²) in [5.74, 6) is -1.19. The van der Waals surface area contributed by atoms with Gasteiger partial charge in [-0.2, -0.15) is 4.31 Å².